The lowest BCUT2D eigenvalue weighted by Crippen LogP contribution is -2.21. The van der Waals surface area contributed by atoms with Crippen molar-refractivity contribution in [2.75, 3.05) is 0 Å². The Morgan fingerprint density at radius 3 is 2.23 bits per heavy atom. The van der Waals surface area contributed by atoms with Crippen LogP contribution in [0.5, 0.6) is 0 Å². The van der Waals surface area contributed by atoms with E-state index in [1.54, 1.807) is 32.1 Å². The Hall–Kier alpha value is -1.81. The van der Waals surface area contributed by atoms with Gasteiger partial charge in [0, 0.05) is 33.6 Å². The van der Waals surface area contributed by atoms with E-state index in [-0.39, 0.29) is 11.6 Å². The number of allylic oxidation sites excluding steroid dienone is 5. The van der Waals surface area contributed by atoms with Crippen molar-refractivity contribution in [2.45, 2.75) is 47.5 Å². The summed E-state index contributed by atoms with van der Waals surface area (Å²) in [6.07, 6.45) is 5.31. The minimum Gasteiger partial charge on any atom is -0.289 e. The van der Waals surface area contributed by atoms with Crippen molar-refractivity contribution < 1.29 is 9.59 Å². The normalized spacial score (nSPS) is 16.4. The number of hydrogen-bond donors (Lipinski definition) is 0. The Morgan fingerprint density at radius 1 is 0.955 bits per heavy atom. The molecule has 0 saturated carbocycles. The second-order valence-electron chi connectivity index (χ2n) is 5.57. The quantitative estimate of drug-likeness (QED) is 0.781. The minimum absolute atomic E-state index is 0.00275. The first-order valence-corrected chi connectivity index (χ1v) is 8.24. The highest BCUT2D eigenvalue weighted by Crippen LogP contribution is 2.28. The number of aromatic nitrogens is 1. The molecule has 1 aliphatic rings. The summed E-state index contributed by atoms with van der Waals surface area (Å²) in [5.41, 5.74) is 3.41. The van der Waals surface area contributed by atoms with E-state index >= 15 is 0 Å². The topological polar surface area (TPSA) is 47.0 Å². The molecule has 22 heavy (non-hydrogen) atoms. The first kappa shape index (κ1) is 16.6. The zero-order valence-corrected chi connectivity index (χ0v) is 14.6. The van der Waals surface area contributed by atoms with E-state index in [2.05, 4.69) is 4.98 Å². The summed E-state index contributed by atoms with van der Waals surface area (Å²) in [6, 6.07) is 0. The molecule has 0 radical (unpaired) electrons. The van der Waals surface area contributed by atoms with Gasteiger partial charge in [-0.3, -0.25) is 9.59 Å². The highest BCUT2D eigenvalue weighted by atomic mass is 32.1. The molecule has 4 heteroatoms. The minimum atomic E-state index is -0.00275. The molecule has 1 aromatic rings. The second kappa shape index (κ2) is 6.53. The number of hydrogen-bond acceptors (Lipinski definition) is 4. The summed E-state index contributed by atoms with van der Waals surface area (Å²) in [5, 5.41) is 1.01. The van der Waals surface area contributed by atoms with E-state index in [1.165, 1.54) is 0 Å². The molecule has 0 N–H and O–H groups in total. The molecule has 0 unspecified atom stereocenters. The van der Waals surface area contributed by atoms with Crippen molar-refractivity contribution >= 4 is 29.0 Å². The van der Waals surface area contributed by atoms with Crippen LogP contribution < -0.4 is 0 Å². The standard InChI is InChI=1S/C18H21NO2S/c1-6-7-15-13(5)19-16(22-15)9-8-14-12(4)17(20)10(2)11(3)18(14)21/h6-7H,8-9H2,1-5H3/b7-6-. The third-order valence-corrected chi connectivity index (χ3v) is 5.28. The van der Waals surface area contributed by atoms with Crippen LogP contribution in [0.15, 0.2) is 28.4 Å². The van der Waals surface area contributed by atoms with Gasteiger partial charge < -0.3 is 0 Å². The number of carbonyl (C=O) groups is 2. The second-order valence-corrected chi connectivity index (χ2v) is 6.68. The molecule has 0 fully saturated rings. The highest BCUT2D eigenvalue weighted by molar-refractivity contribution is 7.12. The van der Waals surface area contributed by atoms with E-state index in [0.29, 0.717) is 35.1 Å². The van der Waals surface area contributed by atoms with Gasteiger partial charge in [0.1, 0.15) is 0 Å². The third kappa shape index (κ3) is 3.02. The maximum absolute atomic E-state index is 12.4. The fourth-order valence-corrected chi connectivity index (χ4v) is 3.61. The van der Waals surface area contributed by atoms with Crippen LogP contribution in [-0.4, -0.2) is 16.6 Å². The molecule has 0 bridgehead atoms. The molecular formula is C18H21NO2S. The van der Waals surface area contributed by atoms with Crippen molar-refractivity contribution in [1.82, 2.24) is 4.98 Å². The van der Waals surface area contributed by atoms with Crippen molar-refractivity contribution in [3.05, 3.63) is 43.9 Å². The van der Waals surface area contributed by atoms with Gasteiger partial charge in [0.2, 0.25) is 0 Å². The van der Waals surface area contributed by atoms with Crippen molar-refractivity contribution in [3.8, 4) is 0 Å². The maximum atomic E-state index is 12.4. The van der Waals surface area contributed by atoms with Gasteiger partial charge in [0.15, 0.2) is 11.6 Å². The van der Waals surface area contributed by atoms with Crippen LogP contribution in [0.4, 0.5) is 0 Å². The van der Waals surface area contributed by atoms with E-state index in [0.717, 1.165) is 15.6 Å². The van der Waals surface area contributed by atoms with Gasteiger partial charge in [-0.2, -0.15) is 0 Å². The predicted molar refractivity (Wildman–Crippen MR) is 91.0 cm³/mol. The number of carbonyl (C=O) groups excluding carboxylic acids is 2. The van der Waals surface area contributed by atoms with Crippen molar-refractivity contribution in [1.29, 1.82) is 0 Å². The molecule has 1 aromatic heterocycles. The monoisotopic (exact) mass is 315 g/mol. The van der Waals surface area contributed by atoms with Crippen LogP contribution >= 0.6 is 11.3 Å². The lowest BCUT2D eigenvalue weighted by Gasteiger charge is -2.18. The van der Waals surface area contributed by atoms with Gasteiger partial charge in [0.05, 0.1) is 10.7 Å². The summed E-state index contributed by atoms with van der Waals surface area (Å²) in [6.45, 7) is 9.19. The smallest absolute Gasteiger partial charge is 0.185 e. The zero-order chi connectivity index (χ0) is 16.4. The van der Waals surface area contributed by atoms with Crippen LogP contribution in [0, 0.1) is 6.92 Å². The van der Waals surface area contributed by atoms with Gasteiger partial charge >= 0.3 is 0 Å². The Morgan fingerprint density at radius 2 is 1.59 bits per heavy atom. The SMILES string of the molecule is C/C=C\c1sc(CCC2=C(C)C(=O)C(C)=C(C)C2=O)nc1C. The number of thiazole rings is 1. The molecule has 0 saturated heterocycles. The molecule has 0 spiro atoms. The number of aryl methyl sites for hydroxylation is 2. The molecule has 0 aromatic carbocycles. The molecule has 116 valence electrons. The summed E-state index contributed by atoms with van der Waals surface area (Å²) in [7, 11) is 0. The summed E-state index contributed by atoms with van der Waals surface area (Å²) < 4.78 is 0. The number of rotatable bonds is 4. The largest absolute Gasteiger partial charge is 0.289 e. The van der Waals surface area contributed by atoms with Crippen LogP contribution in [0.25, 0.3) is 6.08 Å². The summed E-state index contributed by atoms with van der Waals surface area (Å²) in [4.78, 5) is 30.3. The van der Waals surface area contributed by atoms with Crippen LogP contribution in [0.1, 0.15) is 49.7 Å². The van der Waals surface area contributed by atoms with E-state index in [1.807, 2.05) is 26.0 Å². The molecule has 0 amide bonds. The number of Topliss-reactive ketones (excluding diaryl/α,β-unsaturated/α-hetero) is 2. The molecule has 0 aliphatic heterocycles. The first-order chi connectivity index (χ1) is 10.4. The summed E-state index contributed by atoms with van der Waals surface area (Å²) in [5.74, 6) is 0.00794. The zero-order valence-electron chi connectivity index (χ0n) is 13.7. The van der Waals surface area contributed by atoms with E-state index in [4.69, 9.17) is 0 Å². The van der Waals surface area contributed by atoms with Crippen LogP contribution in [0.2, 0.25) is 0 Å². The lowest BCUT2D eigenvalue weighted by atomic mass is 9.84. The third-order valence-electron chi connectivity index (χ3n) is 4.09. The fourth-order valence-electron chi connectivity index (χ4n) is 2.57. The molecule has 2 rings (SSSR count). The highest BCUT2D eigenvalue weighted by Gasteiger charge is 2.27. The van der Waals surface area contributed by atoms with Gasteiger partial charge in [0.25, 0.3) is 0 Å². The lowest BCUT2D eigenvalue weighted by molar-refractivity contribution is -0.116. The van der Waals surface area contributed by atoms with Gasteiger partial charge in [-0.1, -0.05) is 6.08 Å². The Labute approximate surface area is 135 Å². The maximum Gasteiger partial charge on any atom is 0.185 e. The number of ketones is 2. The van der Waals surface area contributed by atoms with E-state index < -0.39 is 0 Å². The Bertz CT molecular complexity index is 732. The Kier molecular flexibility index (Phi) is 4.91. The van der Waals surface area contributed by atoms with Gasteiger partial charge in [-0.05, 0) is 47.1 Å². The molecule has 0 atom stereocenters. The van der Waals surface area contributed by atoms with Crippen LogP contribution in [0.3, 0.4) is 0 Å². The fraction of sp³-hybridized carbons (Fsp3) is 0.389. The molecule has 3 nitrogen and oxygen atoms in total. The first-order valence-electron chi connectivity index (χ1n) is 7.42. The average Bonchev–Trinajstić information content (AvgIpc) is 2.84. The van der Waals surface area contributed by atoms with Crippen LogP contribution in [-0.2, 0) is 16.0 Å². The Balaban J connectivity index is 2.19. The van der Waals surface area contributed by atoms with Gasteiger partial charge in [-0.15, -0.1) is 11.3 Å². The van der Waals surface area contributed by atoms with Crippen molar-refractivity contribution in [2.24, 2.45) is 0 Å². The predicted octanol–water partition coefficient (Wildman–Crippen LogP) is 4.22. The average molecular weight is 315 g/mol. The molecular weight excluding hydrogens is 294 g/mol. The number of nitrogens with zero attached hydrogens (tertiary/aromatic N) is 1. The van der Waals surface area contributed by atoms with E-state index in [9.17, 15) is 9.59 Å². The molecule has 1 aliphatic carbocycles. The molecule has 1 heterocycles. The van der Waals surface area contributed by atoms with Crippen molar-refractivity contribution in [3.63, 3.8) is 0 Å². The van der Waals surface area contributed by atoms with Gasteiger partial charge in [-0.25, -0.2) is 4.98 Å². The summed E-state index contributed by atoms with van der Waals surface area (Å²) >= 11 is 1.65.